The van der Waals surface area contributed by atoms with Crippen molar-refractivity contribution in [3.05, 3.63) is 29.8 Å². The number of methoxy groups -OCH3 is 1. The van der Waals surface area contributed by atoms with Gasteiger partial charge in [0.1, 0.15) is 5.75 Å². The van der Waals surface area contributed by atoms with Gasteiger partial charge >= 0.3 is 0 Å². The van der Waals surface area contributed by atoms with Crippen molar-refractivity contribution in [2.24, 2.45) is 10.8 Å². The van der Waals surface area contributed by atoms with E-state index < -0.39 is 0 Å². The summed E-state index contributed by atoms with van der Waals surface area (Å²) in [6.07, 6.45) is 1.86. The van der Waals surface area contributed by atoms with E-state index in [-0.39, 0.29) is 0 Å². The average molecular weight is 233 g/mol. The van der Waals surface area contributed by atoms with E-state index in [1.54, 1.807) is 7.11 Å². The van der Waals surface area contributed by atoms with Gasteiger partial charge < -0.3 is 10.5 Å². The molecular weight excluding hydrogens is 214 g/mol. The van der Waals surface area contributed by atoms with Gasteiger partial charge in [-0.15, -0.1) is 0 Å². The molecule has 0 saturated carbocycles. The summed E-state index contributed by atoms with van der Waals surface area (Å²) in [7, 11) is 3.69. The Morgan fingerprint density at radius 3 is 2.71 bits per heavy atom. The van der Waals surface area contributed by atoms with Gasteiger partial charge in [0.25, 0.3) is 0 Å². The molecule has 1 heterocycles. The Morgan fingerprint density at radius 2 is 2.12 bits per heavy atom. The Kier molecular flexibility index (Phi) is 3.64. The van der Waals surface area contributed by atoms with Gasteiger partial charge in [-0.2, -0.15) is 5.10 Å². The standard InChI is InChI=1S/C13H19N3O/c1-16-13(9-11(15-16)7-8-14)10-3-5-12(17-2)6-4-10/h3-6,13H,7-9,14H2,1-2H3. The molecule has 17 heavy (non-hydrogen) atoms. The molecule has 1 aliphatic rings. The highest BCUT2D eigenvalue weighted by molar-refractivity contribution is 5.86. The minimum Gasteiger partial charge on any atom is -0.497 e. The van der Waals surface area contributed by atoms with Gasteiger partial charge in [0.15, 0.2) is 0 Å². The van der Waals surface area contributed by atoms with Crippen LogP contribution in [0, 0.1) is 0 Å². The molecule has 0 spiro atoms. The number of benzene rings is 1. The maximum absolute atomic E-state index is 5.56. The van der Waals surface area contributed by atoms with Crippen LogP contribution < -0.4 is 10.5 Å². The molecule has 0 radical (unpaired) electrons. The summed E-state index contributed by atoms with van der Waals surface area (Å²) >= 11 is 0. The van der Waals surface area contributed by atoms with Crippen molar-refractivity contribution < 1.29 is 4.74 Å². The Bertz CT molecular complexity index is 400. The minimum absolute atomic E-state index is 0.336. The van der Waals surface area contributed by atoms with Crippen molar-refractivity contribution in [1.82, 2.24) is 5.01 Å². The summed E-state index contributed by atoms with van der Waals surface area (Å²) in [6, 6.07) is 8.51. The lowest BCUT2D eigenvalue weighted by molar-refractivity contribution is 0.289. The van der Waals surface area contributed by atoms with Crippen LogP contribution in [0.5, 0.6) is 5.75 Å². The molecule has 1 atom stereocenters. The van der Waals surface area contributed by atoms with E-state index in [2.05, 4.69) is 17.2 Å². The fourth-order valence-corrected chi connectivity index (χ4v) is 2.17. The van der Waals surface area contributed by atoms with Gasteiger partial charge in [0.2, 0.25) is 0 Å². The second kappa shape index (κ2) is 5.19. The van der Waals surface area contributed by atoms with Crippen LogP contribution in [0.1, 0.15) is 24.4 Å². The van der Waals surface area contributed by atoms with E-state index in [9.17, 15) is 0 Å². The first-order chi connectivity index (χ1) is 8.24. The fraction of sp³-hybridized carbons (Fsp3) is 0.462. The molecular formula is C13H19N3O. The van der Waals surface area contributed by atoms with Crippen LogP contribution in [0.2, 0.25) is 0 Å². The van der Waals surface area contributed by atoms with E-state index >= 15 is 0 Å². The number of hydrazone groups is 1. The summed E-state index contributed by atoms with van der Waals surface area (Å²) in [5, 5.41) is 6.54. The number of rotatable bonds is 4. The summed E-state index contributed by atoms with van der Waals surface area (Å²) in [6.45, 7) is 0.669. The Labute approximate surface area is 102 Å². The van der Waals surface area contributed by atoms with Crippen molar-refractivity contribution in [1.29, 1.82) is 0 Å². The predicted octanol–water partition coefficient (Wildman–Crippen LogP) is 1.78. The predicted molar refractivity (Wildman–Crippen MR) is 69.2 cm³/mol. The molecule has 0 aromatic heterocycles. The van der Waals surface area contributed by atoms with E-state index in [4.69, 9.17) is 10.5 Å². The number of hydrogen-bond acceptors (Lipinski definition) is 4. The molecule has 1 aromatic carbocycles. The molecule has 0 aliphatic carbocycles. The first kappa shape index (κ1) is 11.9. The van der Waals surface area contributed by atoms with Crippen LogP contribution >= 0.6 is 0 Å². The summed E-state index contributed by atoms with van der Waals surface area (Å²) < 4.78 is 5.16. The highest BCUT2D eigenvalue weighted by Crippen LogP contribution is 2.30. The van der Waals surface area contributed by atoms with Crippen LogP contribution in [-0.4, -0.2) is 31.4 Å². The molecule has 4 heteroatoms. The molecule has 0 fully saturated rings. The van der Waals surface area contributed by atoms with Crippen molar-refractivity contribution in [3.8, 4) is 5.75 Å². The molecule has 0 bridgehead atoms. The molecule has 4 nitrogen and oxygen atoms in total. The average Bonchev–Trinajstić information content (AvgIpc) is 2.71. The smallest absolute Gasteiger partial charge is 0.118 e. The van der Waals surface area contributed by atoms with E-state index in [0.29, 0.717) is 12.6 Å². The second-order valence-corrected chi connectivity index (χ2v) is 4.27. The van der Waals surface area contributed by atoms with E-state index in [1.807, 2.05) is 24.2 Å². The second-order valence-electron chi connectivity index (χ2n) is 4.27. The Morgan fingerprint density at radius 1 is 1.41 bits per heavy atom. The van der Waals surface area contributed by atoms with Gasteiger partial charge in [0, 0.05) is 19.2 Å². The fourth-order valence-electron chi connectivity index (χ4n) is 2.17. The van der Waals surface area contributed by atoms with Crippen LogP contribution in [0.3, 0.4) is 0 Å². The van der Waals surface area contributed by atoms with Crippen molar-refractivity contribution >= 4 is 5.71 Å². The SMILES string of the molecule is COc1ccc(C2CC(CCN)=NN2C)cc1. The van der Waals surface area contributed by atoms with Gasteiger partial charge in [-0.25, -0.2) is 0 Å². The van der Waals surface area contributed by atoms with Crippen LogP contribution in [0.4, 0.5) is 0 Å². The summed E-state index contributed by atoms with van der Waals surface area (Å²) in [5.74, 6) is 0.887. The number of nitrogens with two attached hydrogens (primary N) is 1. The molecule has 1 aliphatic heterocycles. The molecule has 0 amide bonds. The molecule has 2 rings (SSSR count). The first-order valence-corrected chi connectivity index (χ1v) is 5.88. The van der Waals surface area contributed by atoms with Crippen molar-refractivity contribution in [2.45, 2.75) is 18.9 Å². The van der Waals surface area contributed by atoms with Crippen molar-refractivity contribution in [2.75, 3.05) is 20.7 Å². The third kappa shape index (κ3) is 2.58. The van der Waals surface area contributed by atoms with Gasteiger partial charge in [-0.1, -0.05) is 12.1 Å². The largest absolute Gasteiger partial charge is 0.497 e. The highest BCUT2D eigenvalue weighted by atomic mass is 16.5. The van der Waals surface area contributed by atoms with Crippen molar-refractivity contribution in [3.63, 3.8) is 0 Å². The maximum atomic E-state index is 5.56. The molecule has 1 aromatic rings. The topological polar surface area (TPSA) is 50.9 Å². The molecule has 1 unspecified atom stereocenters. The zero-order chi connectivity index (χ0) is 12.3. The molecule has 92 valence electrons. The quantitative estimate of drug-likeness (QED) is 0.862. The lowest BCUT2D eigenvalue weighted by Gasteiger charge is -2.19. The normalized spacial score (nSPS) is 19.4. The summed E-state index contributed by atoms with van der Waals surface area (Å²) in [5.41, 5.74) is 8.02. The van der Waals surface area contributed by atoms with E-state index in [1.165, 1.54) is 11.3 Å². The minimum atomic E-state index is 0.336. The maximum Gasteiger partial charge on any atom is 0.118 e. The number of nitrogens with zero attached hydrogens (tertiary/aromatic N) is 2. The van der Waals surface area contributed by atoms with Gasteiger partial charge in [0.05, 0.1) is 13.2 Å². The molecule has 0 saturated heterocycles. The lowest BCUT2D eigenvalue weighted by atomic mass is 10.0. The van der Waals surface area contributed by atoms with Crippen LogP contribution in [0.25, 0.3) is 0 Å². The molecule has 2 N–H and O–H groups in total. The third-order valence-corrected chi connectivity index (χ3v) is 3.11. The Hall–Kier alpha value is -1.55. The van der Waals surface area contributed by atoms with E-state index in [0.717, 1.165) is 18.6 Å². The monoisotopic (exact) mass is 233 g/mol. The third-order valence-electron chi connectivity index (χ3n) is 3.11. The zero-order valence-electron chi connectivity index (χ0n) is 10.4. The van der Waals surface area contributed by atoms with Crippen LogP contribution in [-0.2, 0) is 0 Å². The zero-order valence-corrected chi connectivity index (χ0v) is 10.4. The number of hydrogen-bond donors (Lipinski definition) is 1. The lowest BCUT2D eigenvalue weighted by Crippen LogP contribution is -2.13. The van der Waals surface area contributed by atoms with Gasteiger partial charge in [-0.3, -0.25) is 5.01 Å². The Balaban J connectivity index is 2.08. The van der Waals surface area contributed by atoms with Gasteiger partial charge in [-0.05, 0) is 30.7 Å². The first-order valence-electron chi connectivity index (χ1n) is 5.88. The number of ether oxygens (including phenoxy) is 1. The highest BCUT2D eigenvalue weighted by Gasteiger charge is 2.24. The van der Waals surface area contributed by atoms with Crippen LogP contribution in [0.15, 0.2) is 29.4 Å². The summed E-state index contributed by atoms with van der Waals surface area (Å²) in [4.78, 5) is 0.